The van der Waals surface area contributed by atoms with Gasteiger partial charge in [0.25, 0.3) is 10.2 Å². The quantitative estimate of drug-likeness (QED) is 0.382. The minimum absolute atomic E-state index is 0.193. The van der Waals surface area contributed by atoms with E-state index in [-0.39, 0.29) is 6.54 Å². The highest BCUT2D eigenvalue weighted by Crippen LogP contribution is 2.31. The Morgan fingerprint density at radius 1 is 1.04 bits per heavy atom. The van der Waals surface area contributed by atoms with Gasteiger partial charge in [0.15, 0.2) is 11.5 Å². The standard InChI is InChI=1S/C17H17IN4O4S/c1-25-16-7-13-14(8-17(16)26-2)21-15(10-19-13)12-5-3-11(4-6-12)9-20-27(23,24)22-18/h3-8,10,20,22H,9H2,1-2H3. The Balaban J connectivity index is 1.86. The molecular formula is C17H17IN4O4S. The second kappa shape index (κ2) is 8.33. The zero-order valence-electron chi connectivity index (χ0n) is 14.6. The van der Waals surface area contributed by atoms with Gasteiger partial charge in [-0.05, 0) is 5.56 Å². The summed E-state index contributed by atoms with van der Waals surface area (Å²) in [6.07, 6.45) is 1.69. The van der Waals surface area contributed by atoms with Crippen LogP contribution in [0.25, 0.3) is 22.3 Å². The molecule has 0 atom stereocenters. The largest absolute Gasteiger partial charge is 0.493 e. The van der Waals surface area contributed by atoms with E-state index in [1.165, 1.54) is 0 Å². The van der Waals surface area contributed by atoms with Gasteiger partial charge in [0.05, 0.1) is 37.1 Å². The Bertz CT molecular complexity index is 1060. The molecule has 142 valence electrons. The Morgan fingerprint density at radius 2 is 1.67 bits per heavy atom. The summed E-state index contributed by atoms with van der Waals surface area (Å²) in [5.74, 6) is 1.18. The average Bonchev–Trinajstić information content (AvgIpc) is 2.71. The minimum Gasteiger partial charge on any atom is -0.493 e. The topological polar surface area (TPSA) is 102 Å². The van der Waals surface area contributed by atoms with Crippen molar-refractivity contribution in [2.45, 2.75) is 6.54 Å². The van der Waals surface area contributed by atoms with Crippen LogP contribution < -0.4 is 17.1 Å². The van der Waals surface area contributed by atoms with Gasteiger partial charge in [-0.15, -0.1) is 2.94 Å². The van der Waals surface area contributed by atoms with E-state index in [0.29, 0.717) is 28.2 Å². The molecule has 0 saturated heterocycles. The second-order valence-electron chi connectivity index (χ2n) is 5.55. The molecule has 0 bridgehead atoms. The van der Waals surface area contributed by atoms with Crippen molar-refractivity contribution in [2.75, 3.05) is 14.2 Å². The maximum absolute atomic E-state index is 11.4. The lowest BCUT2D eigenvalue weighted by molar-refractivity contribution is 0.355. The van der Waals surface area contributed by atoms with Gasteiger partial charge in [-0.3, -0.25) is 4.98 Å². The number of hydrogen-bond donors (Lipinski definition) is 2. The number of halogens is 1. The molecule has 27 heavy (non-hydrogen) atoms. The molecule has 10 heteroatoms. The summed E-state index contributed by atoms with van der Waals surface area (Å²) in [5.41, 5.74) is 3.80. The highest BCUT2D eigenvalue weighted by Gasteiger charge is 2.10. The molecule has 2 aromatic carbocycles. The first-order valence-corrected chi connectivity index (χ1v) is 10.4. The molecule has 1 aromatic heterocycles. The molecule has 0 unspecified atom stereocenters. The summed E-state index contributed by atoms with van der Waals surface area (Å²) in [6.45, 7) is 0.193. The number of nitrogens with zero attached hydrogens (tertiary/aromatic N) is 2. The van der Waals surface area contributed by atoms with Gasteiger partial charge >= 0.3 is 0 Å². The van der Waals surface area contributed by atoms with Crippen molar-refractivity contribution in [1.29, 1.82) is 0 Å². The number of methoxy groups -OCH3 is 2. The lowest BCUT2D eigenvalue weighted by Crippen LogP contribution is -2.30. The molecule has 0 amide bonds. The van der Waals surface area contributed by atoms with Gasteiger partial charge < -0.3 is 9.47 Å². The van der Waals surface area contributed by atoms with Gasteiger partial charge in [-0.1, -0.05) is 24.3 Å². The highest BCUT2D eigenvalue weighted by atomic mass is 127. The van der Waals surface area contributed by atoms with Crippen LogP contribution in [0.15, 0.2) is 42.6 Å². The van der Waals surface area contributed by atoms with Crippen molar-refractivity contribution in [3.05, 3.63) is 48.2 Å². The number of aromatic nitrogens is 2. The van der Waals surface area contributed by atoms with Crippen molar-refractivity contribution in [1.82, 2.24) is 17.6 Å². The van der Waals surface area contributed by atoms with E-state index in [1.54, 1.807) is 55.4 Å². The zero-order chi connectivity index (χ0) is 19.4. The predicted molar refractivity (Wildman–Crippen MR) is 111 cm³/mol. The Kier molecular flexibility index (Phi) is 6.09. The minimum atomic E-state index is -3.47. The highest BCUT2D eigenvalue weighted by molar-refractivity contribution is 14.1. The number of benzene rings is 2. The van der Waals surface area contributed by atoms with E-state index in [9.17, 15) is 8.42 Å². The van der Waals surface area contributed by atoms with Gasteiger partial charge in [0, 0.05) is 47.1 Å². The third kappa shape index (κ3) is 4.64. The summed E-state index contributed by atoms with van der Waals surface area (Å²) >= 11 is 1.57. The van der Waals surface area contributed by atoms with Gasteiger partial charge in [-0.2, -0.15) is 13.1 Å². The van der Waals surface area contributed by atoms with E-state index in [0.717, 1.165) is 11.1 Å². The number of nitrogens with one attached hydrogen (secondary N) is 2. The predicted octanol–water partition coefficient (Wildman–Crippen LogP) is 2.59. The van der Waals surface area contributed by atoms with Crippen molar-refractivity contribution in [3.63, 3.8) is 0 Å². The smallest absolute Gasteiger partial charge is 0.285 e. The Hall–Kier alpha value is -2.02. The first-order valence-electron chi connectivity index (χ1n) is 7.81. The molecule has 0 aliphatic carbocycles. The monoisotopic (exact) mass is 500 g/mol. The fraction of sp³-hybridized carbons (Fsp3) is 0.176. The summed E-state index contributed by atoms with van der Waals surface area (Å²) in [5, 5.41) is 0. The SMILES string of the molecule is COc1cc2ncc(-c3ccc(CNS(=O)(=O)NI)cc3)nc2cc1OC. The zero-order valence-corrected chi connectivity index (χ0v) is 17.5. The second-order valence-corrected chi connectivity index (χ2v) is 8.32. The summed E-state index contributed by atoms with van der Waals surface area (Å²) in [6, 6.07) is 11.0. The average molecular weight is 500 g/mol. The number of rotatable bonds is 7. The fourth-order valence-electron chi connectivity index (χ4n) is 2.48. The molecule has 0 fully saturated rings. The molecule has 2 N–H and O–H groups in total. The molecular weight excluding hydrogens is 483 g/mol. The molecule has 0 spiro atoms. The molecule has 3 aromatic rings. The van der Waals surface area contributed by atoms with Crippen LogP contribution in [-0.2, 0) is 16.8 Å². The number of ether oxygens (including phenoxy) is 2. The van der Waals surface area contributed by atoms with Gasteiger partial charge in [-0.25, -0.2) is 4.98 Å². The number of hydrogen-bond acceptors (Lipinski definition) is 6. The lowest BCUT2D eigenvalue weighted by atomic mass is 10.1. The number of fused-ring (bicyclic) bond motifs is 1. The Labute approximate surface area is 171 Å². The van der Waals surface area contributed by atoms with E-state index < -0.39 is 10.2 Å². The Morgan fingerprint density at radius 3 is 2.26 bits per heavy atom. The summed E-state index contributed by atoms with van der Waals surface area (Å²) in [7, 11) is -0.331. The van der Waals surface area contributed by atoms with Crippen LogP contribution in [0, 0.1) is 0 Å². The van der Waals surface area contributed by atoms with Crippen LogP contribution in [0.1, 0.15) is 5.56 Å². The van der Waals surface area contributed by atoms with Crippen LogP contribution in [0.3, 0.4) is 0 Å². The first-order chi connectivity index (χ1) is 13.0. The summed E-state index contributed by atoms with van der Waals surface area (Å²) in [4.78, 5) is 9.08. The third-order valence-corrected chi connectivity index (χ3v) is 6.33. The fourth-order valence-corrected chi connectivity index (χ4v) is 3.36. The van der Waals surface area contributed by atoms with E-state index in [4.69, 9.17) is 9.47 Å². The molecule has 0 aliphatic rings. The maximum Gasteiger partial charge on any atom is 0.285 e. The van der Waals surface area contributed by atoms with E-state index in [1.807, 2.05) is 24.3 Å². The van der Waals surface area contributed by atoms with E-state index >= 15 is 0 Å². The van der Waals surface area contributed by atoms with Crippen molar-refractivity contribution >= 4 is 44.1 Å². The van der Waals surface area contributed by atoms with E-state index in [2.05, 4.69) is 17.6 Å². The van der Waals surface area contributed by atoms with Crippen molar-refractivity contribution < 1.29 is 17.9 Å². The molecule has 1 heterocycles. The molecule has 0 radical (unpaired) electrons. The molecule has 3 rings (SSSR count). The van der Waals surface area contributed by atoms with Crippen LogP contribution in [0.5, 0.6) is 11.5 Å². The molecule has 0 saturated carbocycles. The maximum atomic E-state index is 11.4. The van der Waals surface area contributed by atoms with Crippen LogP contribution in [0.2, 0.25) is 0 Å². The summed E-state index contributed by atoms with van der Waals surface area (Å²) < 4.78 is 38.0. The van der Waals surface area contributed by atoms with Crippen LogP contribution >= 0.6 is 22.9 Å². The normalized spacial score (nSPS) is 11.5. The van der Waals surface area contributed by atoms with Crippen LogP contribution in [-0.4, -0.2) is 32.6 Å². The first kappa shape index (κ1) is 19.7. The molecule has 8 nitrogen and oxygen atoms in total. The van der Waals surface area contributed by atoms with Gasteiger partial charge in [0.2, 0.25) is 0 Å². The van der Waals surface area contributed by atoms with Crippen LogP contribution in [0.4, 0.5) is 0 Å². The lowest BCUT2D eigenvalue weighted by Gasteiger charge is -2.09. The molecule has 0 aliphatic heterocycles. The van der Waals surface area contributed by atoms with Crippen molar-refractivity contribution in [3.8, 4) is 22.8 Å². The third-order valence-electron chi connectivity index (χ3n) is 3.87. The van der Waals surface area contributed by atoms with Gasteiger partial charge in [0.1, 0.15) is 0 Å². The van der Waals surface area contributed by atoms with Crippen molar-refractivity contribution in [2.24, 2.45) is 0 Å².